The summed E-state index contributed by atoms with van der Waals surface area (Å²) in [7, 11) is 2.10. The normalized spacial score (nSPS) is 17.5. The summed E-state index contributed by atoms with van der Waals surface area (Å²) in [5.74, 6) is -0.171. The first-order valence-electron chi connectivity index (χ1n) is 16.9. The third kappa shape index (κ3) is 11.2. The van der Waals surface area contributed by atoms with Gasteiger partial charge in [-0.2, -0.15) is 0 Å². The molecule has 1 aliphatic heterocycles. The van der Waals surface area contributed by atoms with Crippen LogP contribution in [0.15, 0.2) is 97.2 Å². The molecule has 3 atom stereocenters. The van der Waals surface area contributed by atoms with Crippen LogP contribution in [0.1, 0.15) is 72.4 Å². The molecule has 10 nitrogen and oxygen atoms in total. The minimum Gasteiger partial charge on any atom is -0.397 e. The maximum Gasteiger partial charge on any atom is 0.224 e. The molecular formula is C39H47N5O5. The third-order valence-electron chi connectivity index (χ3n) is 8.64. The number of rotatable bonds is 16. The predicted octanol–water partition coefficient (Wildman–Crippen LogP) is 5.69. The number of nitrogens with two attached hydrogens (primary N) is 1. The Morgan fingerprint density at radius 2 is 1.57 bits per heavy atom. The molecule has 1 fully saturated rings. The second-order valence-corrected chi connectivity index (χ2v) is 12.5. The van der Waals surface area contributed by atoms with E-state index < -0.39 is 6.29 Å². The lowest BCUT2D eigenvalue weighted by Gasteiger charge is -2.38. The Hall–Kier alpha value is -4.61. The molecule has 0 radical (unpaired) electrons. The second-order valence-electron chi connectivity index (χ2n) is 12.5. The Bertz CT molecular complexity index is 1620. The van der Waals surface area contributed by atoms with Crippen LogP contribution in [0.5, 0.6) is 0 Å². The van der Waals surface area contributed by atoms with Crippen molar-refractivity contribution >= 4 is 23.2 Å². The Kier molecular flexibility index (Phi) is 13.3. The van der Waals surface area contributed by atoms with E-state index in [2.05, 4.69) is 27.6 Å². The van der Waals surface area contributed by atoms with Crippen LogP contribution in [-0.4, -0.2) is 53.0 Å². The molecule has 5 N–H and O–H groups in total. The number of aromatic nitrogens is 1. The average Bonchev–Trinajstić information content (AvgIpc) is 3.13. The summed E-state index contributed by atoms with van der Waals surface area (Å²) in [5, 5.41) is 15.3. The zero-order valence-corrected chi connectivity index (χ0v) is 28.1. The van der Waals surface area contributed by atoms with Gasteiger partial charge in [-0.1, -0.05) is 66.7 Å². The van der Waals surface area contributed by atoms with Gasteiger partial charge in [-0.25, -0.2) is 0 Å². The van der Waals surface area contributed by atoms with Gasteiger partial charge in [0, 0.05) is 62.8 Å². The molecule has 3 aromatic carbocycles. The maximum absolute atomic E-state index is 12.5. The predicted molar refractivity (Wildman–Crippen MR) is 190 cm³/mol. The van der Waals surface area contributed by atoms with Crippen molar-refractivity contribution in [2.75, 3.05) is 31.2 Å². The first kappa shape index (κ1) is 35.7. The first-order valence-corrected chi connectivity index (χ1v) is 16.9. The highest BCUT2D eigenvalue weighted by molar-refractivity contribution is 5.93. The van der Waals surface area contributed by atoms with E-state index in [1.165, 1.54) is 0 Å². The fourth-order valence-electron chi connectivity index (χ4n) is 5.80. The van der Waals surface area contributed by atoms with E-state index in [0.717, 1.165) is 47.5 Å². The molecule has 0 spiro atoms. The Balaban J connectivity index is 1.11. The largest absolute Gasteiger partial charge is 0.397 e. The summed E-state index contributed by atoms with van der Waals surface area (Å²) in [6, 6.07) is 29.0. The fourth-order valence-corrected chi connectivity index (χ4v) is 5.80. The molecular weight excluding hydrogens is 618 g/mol. The van der Waals surface area contributed by atoms with Crippen LogP contribution in [0.4, 0.5) is 11.4 Å². The zero-order chi connectivity index (χ0) is 34.4. The molecule has 258 valence electrons. The number of pyridine rings is 1. The number of hydrogen-bond acceptors (Lipinski definition) is 8. The van der Waals surface area contributed by atoms with Gasteiger partial charge in [0.1, 0.15) is 0 Å². The second kappa shape index (κ2) is 18.2. The van der Waals surface area contributed by atoms with E-state index in [-0.39, 0.29) is 30.6 Å². The number of carbonyl (C=O) groups is 2. The number of unbranched alkanes of at least 4 members (excludes halogenated alkanes) is 1. The summed E-state index contributed by atoms with van der Waals surface area (Å²) in [5.41, 5.74) is 11.9. The standard InChI is InChI=1S/C39H47N5O5/c1-44(23-21-32-8-6-7-22-41-32)26-33-24-36(30-17-15-29(27-45)16-18-30)49-39(48-33)31-19-13-28(14-20-31)25-42-37(46)11-4-5-12-38(47)43-35-10-3-2-9-34(35)40/h2-3,6-10,13-20,22,33,36,39,45H,4-5,11-12,21,23-27,40H2,1H3,(H,42,46)(H,43,47)/t33-,36+,39+/m1/s1. The molecule has 0 bridgehead atoms. The number of aliphatic hydroxyl groups excluding tert-OH is 1. The quantitative estimate of drug-likeness (QED) is 0.0885. The summed E-state index contributed by atoms with van der Waals surface area (Å²) >= 11 is 0. The lowest BCUT2D eigenvalue weighted by molar-refractivity contribution is -0.252. The van der Waals surface area contributed by atoms with Crippen molar-refractivity contribution in [3.8, 4) is 0 Å². The van der Waals surface area contributed by atoms with Crippen molar-refractivity contribution in [3.05, 3.63) is 125 Å². The van der Waals surface area contributed by atoms with E-state index in [9.17, 15) is 14.7 Å². The molecule has 1 saturated heterocycles. The molecule has 5 rings (SSSR count). The minimum atomic E-state index is -0.551. The monoisotopic (exact) mass is 665 g/mol. The Morgan fingerprint density at radius 3 is 2.29 bits per heavy atom. The van der Waals surface area contributed by atoms with E-state index in [1.54, 1.807) is 12.1 Å². The lowest BCUT2D eigenvalue weighted by Crippen LogP contribution is -2.38. The van der Waals surface area contributed by atoms with Crippen LogP contribution >= 0.6 is 0 Å². The van der Waals surface area contributed by atoms with Gasteiger partial charge in [0.05, 0.1) is 30.2 Å². The van der Waals surface area contributed by atoms with Gasteiger partial charge in [0.25, 0.3) is 0 Å². The molecule has 2 amide bonds. The molecule has 0 saturated carbocycles. The van der Waals surface area contributed by atoms with Crippen LogP contribution in [0.25, 0.3) is 0 Å². The van der Waals surface area contributed by atoms with Gasteiger partial charge < -0.3 is 35.8 Å². The number of likely N-dealkylation sites (N-methyl/N-ethyl adjacent to an activating group) is 1. The average molecular weight is 666 g/mol. The van der Waals surface area contributed by atoms with Crippen molar-refractivity contribution in [1.82, 2.24) is 15.2 Å². The smallest absolute Gasteiger partial charge is 0.224 e. The van der Waals surface area contributed by atoms with Crippen molar-refractivity contribution < 1.29 is 24.2 Å². The van der Waals surface area contributed by atoms with Gasteiger partial charge in [0.2, 0.25) is 11.8 Å². The van der Waals surface area contributed by atoms with E-state index in [0.29, 0.717) is 50.0 Å². The summed E-state index contributed by atoms with van der Waals surface area (Å²) in [6.45, 7) is 2.01. The highest BCUT2D eigenvalue weighted by Gasteiger charge is 2.32. The number of hydrogen-bond donors (Lipinski definition) is 4. The summed E-state index contributed by atoms with van der Waals surface area (Å²) in [4.78, 5) is 31.4. The van der Waals surface area contributed by atoms with Gasteiger partial charge >= 0.3 is 0 Å². The number of aliphatic hydroxyl groups is 1. The van der Waals surface area contributed by atoms with Gasteiger partial charge in [-0.15, -0.1) is 0 Å². The third-order valence-corrected chi connectivity index (χ3v) is 8.64. The molecule has 1 aliphatic rings. The number of nitrogen functional groups attached to an aromatic ring is 1. The Labute approximate surface area is 288 Å². The summed E-state index contributed by atoms with van der Waals surface area (Å²) in [6.07, 6.45) is 4.51. The number of amides is 2. The molecule has 1 aromatic heterocycles. The van der Waals surface area contributed by atoms with E-state index in [1.807, 2.05) is 85.1 Å². The highest BCUT2D eigenvalue weighted by Crippen LogP contribution is 2.38. The van der Waals surface area contributed by atoms with Gasteiger partial charge in [0.15, 0.2) is 6.29 Å². The molecule has 4 aromatic rings. The van der Waals surface area contributed by atoms with Crippen LogP contribution in [0.2, 0.25) is 0 Å². The topological polar surface area (TPSA) is 139 Å². The van der Waals surface area contributed by atoms with Crippen LogP contribution in [0.3, 0.4) is 0 Å². The number of ether oxygens (including phenoxy) is 2. The number of benzene rings is 3. The van der Waals surface area contributed by atoms with Gasteiger partial charge in [-0.3, -0.25) is 14.6 Å². The molecule has 10 heteroatoms. The Morgan fingerprint density at radius 1 is 0.878 bits per heavy atom. The van der Waals surface area contributed by atoms with Crippen LogP contribution < -0.4 is 16.4 Å². The van der Waals surface area contributed by atoms with Crippen LogP contribution in [0, 0.1) is 0 Å². The SMILES string of the molecule is CN(CCc1ccccn1)C[C@H]1C[C@@H](c2ccc(CO)cc2)O[C@@H](c2ccc(CNC(=O)CCCCC(=O)Nc3ccccc3N)cc2)O1. The van der Waals surface area contributed by atoms with Crippen molar-refractivity contribution in [3.63, 3.8) is 0 Å². The number of nitrogens with zero attached hydrogens (tertiary/aromatic N) is 2. The number of carbonyl (C=O) groups excluding carboxylic acids is 2. The number of anilines is 2. The van der Waals surface area contributed by atoms with E-state index in [4.69, 9.17) is 15.2 Å². The lowest BCUT2D eigenvalue weighted by atomic mass is 9.99. The fraction of sp³-hybridized carbons (Fsp3) is 0.359. The minimum absolute atomic E-state index is 0.00178. The highest BCUT2D eigenvalue weighted by atomic mass is 16.7. The molecule has 0 unspecified atom stereocenters. The maximum atomic E-state index is 12.5. The number of nitrogens with one attached hydrogen (secondary N) is 2. The van der Waals surface area contributed by atoms with Crippen molar-refractivity contribution in [1.29, 1.82) is 0 Å². The van der Waals surface area contributed by atoms with Gasteiger partial charge in [-0.05, 0) is 60.8 Å². The molecule has 0 aliphatic carbocycles. The molecule has 49 heavy (non-hydrogen) atoms. The number of para-hydroxylation sites is 2. The first-order chi connectivity index (χ1) is 23.9. The summed E-state index contributed by atoms with van der Waals surface area (Å²) < 4.78 is 13.0. The van der Waals surface area contributed by atoms with Crippen molar-refractivity contribution in [2.45, 2.75) is 70.2 Å². The zero-order valence-electron chi connectivity index (χ0n) is 28.1. The molecule has 2 heterocycles. The van der Waals surface area contributed by atoms with Crippen LogP contribution in [-0.2, 0) is 38.6 Å². The van der Waals surface area contributed by atoms with E-state index >= 15 is 0 Å². The van der Waals surface area contributed by atoms with Crippen molar-refractivity contribution in [2.24, 2.45) is 0 Å².